The standard InChI is InChI=1S/C23H26N2O6/c1-23(2,3)31-20(27)10-9-19(21(24)28)25-13-14-11-17(7-8-18(14)22(25)29)30-16-6-4-5-15(26)12-16/h4-8,11-12,19,26H,9-10,13H2,1-3H3,(H2,24,28). The number of aromatic hydroxyl groups is 1. The number of esters is 1. The molecule has 3 rings (SSSR count). The molecular weight excluding hydrogens is 400 g/mol. The second-order valence-corrected chi connectivity index (χ2v) is 8.39. The first-order valence-corrected chi connectivity index (χ1v) is 9.95. The number of fused-ring (bicyclic) bond motifs is 1. The summed E-state index contributed by atoms with van der Waals surface area (Å²) in [6.45, 7) is 5.45. The first-order chi connectivity index (χ1) is 14.5. The zero-order valence-corrected chi connectivity index (χ0v) is 17.8. The Morgan fingerprint density at radius 2 is 1.87 bits per heavy atom. The van der Waals surface area contributed by atoms with Crippen LogP contribution in [0.4, 0.5) is 0 Å². The lowest BCUT2D eigenvalue weighted by Crippen LogP contribution is -2.45. The van der Waals surface area contributed by atoms with Gasteiger partial charge in [-0.3, -0.25) is 14.4 Å². The first-order valence-electron chi connectivity index (χ1n) is 9.95. The second kappa shape index (κ2) is 8.67. The fraction of sp³-hybridized carbons (Fsp3) is 0.348. The van der Waals surface area contributed by atoms with E-state index in [1.165, 1.54) is 17.0 Å². The molecule has 8 heteroatoms. The zero-order chi connectivity index (χ0) is 22.8. The van der Waals surface area contributed by atoms with Crippen LogP contribution < -0.4 is 10.5 Å². The highest BCUT2D eigenvalue weighted by Crippen LogP contribution is 2.32. The summed E-state index contributed by atoms with van der Waals surface area (Å²) >= 11 is 0. The zero-order valence-electron chi connectivity index (χ0n) is 17.8. The van der Waals surface area contributed by atoms with Crippen LogP contribution in [0.25, 0.3) is 0 Å². The lowest BCUT2D eigenvalue weighted by atomic mass is 10.1. The first kappa shape index (κ1) is 22.1. The fourth-order valence-electron chi connectivity index (χ4n) is 3.42. The average molecular weight is 426 g/mol. The van der Waals surface area contributed by atoms with Gasteiger partial charge in [-0.05, 0) is 63.1 Å². The Morgan fingerprint density at radius 3 is 2.52 bits per heavy atom. The summed E-state index contributed by atoms with van der Waals surface area (Å²) in [5, 5.41) is 9.57. The van der Waals surface area contributed by atoms with E-state index in [4.69, 9.17) is 15.2 Å². The predicted molar refractivity (Wildman–Crippen MR) is 113 cm³/mol. The van der Waals surface area contributed by atoms with E-state index in [1.807, 2.05) is 0 Å². The van der Waals surface area contributed by atoms with Crippen LogP contribution >= 0.6 is 0 Å². The van der Waals surface area contributed by atoms with Crippen molar-refractivity contribution in [3.05, 3.63) is 53.6 Å². The van der Waals surface area contributed by atoms with E-state index in [2.05, 4.69) is 0 Å². The Balaban J connectivity index is 1.72. The highest BCUT2D eigenvalue weighted by molar-refractivity contribution is 6.01. The van der Waals surface area contributed by atoms with Crippen LogP contribution in [0.1, 0.15) is 49.5 Å². The number of amides is 2. The van der Waals surface area contributed by atoms with Crippen LogP contribution in [-0.2, 0) is 20.9 Å². The SMILES string of the molecule is CC(C)(C)OC(=O)CCC(C(N)=O)N1Cc2cc(Oc3cccc(O)c3)ccc2C1=O. The van der Waals surface area contributed by atoms with Crippen molar-refractivity contribution in [2.75, 3.05) is 0 Å². The molecule has 1 heterocycles. The van der Waals surface area contributed by atoms with Gasteiger partial charge in [0, 0.05) is 24.6 Å². The molecule has 1 unspecified atom stereocenters. The molecule has 2 aromatic carbocycles. The number of phenols is 1. The number of carbonyl (C=O) groups is 3. The number of ether oxygens (including phenoxy) is 2. The Hall–Kier alpha value is -3.55. The molecule has 0 saturated carbocycles. The molecule has 2 amide bonds. The minimum atomic E-state index is -0.928. The van der Waals surface area contributed by atoms with Crippen molar-refractivity contribution in [2.45, 2.75) is 51.8 Å². The lowest BCUT2D eigenvalue weighted by Gasteiger charge is -2.25. The van der Waals surface area contributed by atoms with Gasteiger partial charge in [-0.1, -0.05) is 6.07 Å². The van der Waals surface area contributed by atoms with Gasteiger partial charge in [0.2, 0.25) is 5.91 Å². The van der Waals surface area contributed by atoms with E-state index < -0.39 is 23.5 Å². The van der Waals surface area contributed by atoms with Crippen molar-refractivity contribution >= 4 is 17.8 Å². The molecule has 0 saturated heterocycles. The number of hydrogen-bond donors (Lipinski definition) is 2. The monoisotopic (exact) mass is 426 g/mol. The quantitative estimate of drug-likeness (QED) is 0.657. The van der Waals surface area contributed by atoms with E-state index in [1.54, 1.807) is 51.1 Å². The van der Waals surface area contributed by atoms with E-state index in [0.717, 1.165) is 0 Å². The van der Waals surface area contributed by atoms with Gasteiger partial charge in [0.15, 0.2) is 0 Å². The summed E-state index contributed by atoms with van der Waals surface area (Å²) in [5.74, 6) is -0.441. The van der Waals surface area contributed by atoms with Gasteiger partial charge in [-0.2, -0.15) is 0 Å². The van der Waals surface area contributed by atoms with Crippen LogP contribution in [-0.4, -0.2) is 39.4 Å². The van der Waals surface area contributed by atoms with Crippen molar-refractivity contribution in [2.24, 2.45) is 5.73 Å². The van der Waals surface area contributed by atoms with E-state index >= 15 is 0 Å². The molecule has 31 heavy (non-hydrogen) atoms. The normalized spacial score (nSPS) is 14.2. The third-order valence-electron chi connectivity index (χ3n) is 4.71. The van der Waals surface area contributed by atoms with Crippen molar-refractivity contribution < 1.29 is 29.0 Å². The molecule has 1 atom stereocenters. The van der Waals surface area contributed by atoms with Crippen molar-refractivity contribution in [3.63, 3.8) is 0 Å². The number of hydrogen-bond acceptors (Lipinski definition) is 6. The predicted octanol–water partition coefficient (Wildman–Crippen LogP) is 3.12. The smallest absolute Gasteiger partial charge is 0.306 e. The summed E-state index contributed by atoms with van der Waals surface area (Å²) in [6, 6.07) is 10.4. The molecule has 0 bridgehead atoms. The summed E-state index contributed by atoms with van der Waals surface area (Å²) < 4.78 is 11.0. The molecular formula is C23H26N2O6. The van der Waals surface area contributed by atoms with Crippen LogP contribution in [0.3, 0.4) is 0 Å². The maximum atomic E-state index is 12.9. The molecule has 0 radical (unpaired) electrons. The van der Waals surface area contributed by atoms with Gasteiger partial charge in [0.25, 0.3) is 5.91 Å². The molecule has 0 aliphatic carbocycles. The number of benzene rings is 2. The van der Waals surface area contributed by atoms with E-state index in [9.17, 15) is 19.5 Å². The highest BCUT2D eigenvalue weighted by atomic mass is 16.6. The third-order valence-corrected chi connectivity index (χ3v) is 4.71. The molecule has 0 spiro atoms. The molecule has 0 aromatic heterocycles. The number of nitrogens with two attached hydrogens (primary N) is 1. The molecule has 1 aliphatic heterocycles. The Kier molecular flexibility index (Phi) is 6.19. The van der Waals surface area contributed by atoms with E-state index in [-0.39, 0.29) is 31.0 Å². The number of nitrogens with zero attached hydrogens (tertiary/aromatic N) is 1. The summed E-state index contributed by atoms with van der Waals surface area (Å²) in [5.41, 5.74) is 6.04. The highest BCUT2D eigenvalue weighted by Gasteiger charge is 2.36. The second-order valence-electron chi connectivity index (χ2n) is 8.39. The van der Waals surface area contributed by atoms with Crippen molar-refractivity contribution in [1.29, 1.82) is 0 Å². The Bertz CT molecular complexity index is 1010. The van der Waals surface area contributed by atoms with Crippen LogP contribution in [0.2, 0.25) is 0 Å². The Labute approximate surface area is 180 Å². The molecule has 3 N–H and O–H groups in total. The number of rotatable bonds is 7. The third kappa shape index (κ3) is 5.53. The molecule has 2 aromatic rings. The van der Waals surface area contributed by atoms with Gasteiger partial charge < -0.3 is 25.2 Å². The van der Waals surface area contributed by atoms with Crippen molar-refractivity contribution in [3.8, 4) is 17.2 Å². The topological polar surface area (TPSA) is 119 Å². The minimum absolute atomic E-state index is 0.0309. The maximum Gasteiger partial charge on any atom is 0.306 e. The minimum Gasteiger partial charge on any atom is -0.508 e. The molecule has 1 aliphatic rings. The van der Waals surface area contributed by atoms with Crippen molar-refractivity contribution in [1.82, 2.24) is 4.90 Å². The average Bonchev–Trinajstić information content (AvgIpc) is 2.96. The largest absolute Gasteiger partial charge is 0.508 e. The number of phenolic OH excluding ortho intramolecular Hbond substituents is 1. The summed E-state index contributed by atoms with van der Waals surface area (Å²) in [6.07, 6.45) is 0.0491. The molecule has 164 valence electrons. The van der Waals surface area contributed by atoms with Gasteiger partial charge in [0.05, 0.1) is 0 Å². The van der Waals surface area contributed by atoms with Gasteiger partial charge in [0.1, 0.15) is 28.9 Å². The molecule has 8 nitrogen and oxygen atoms in total. The summed E-state index contributed by atoms with van der Waals surface area (Å²) in [7, 11) is 0. The van der Waals surface area contributed by atoms with Crippen LogP contribution in [0, 0.1) is 0 Å². The Morgan fingerprint density at radius 1 is 1.16 bits per heavy atom. The van der Waals surface area contributed by atoms with Gasteiger partial charge in [-0.15, -0.1) is 0 Å². The molecule has 0 fully saturated rings. The van der Waals surface area contributed by atoms with Gasteiger partial charge in [-0.25, -0.2) is 0 Å². The van der Waals surface area contributed by atoms with Crippen LogP contribution in [0.5, 0.6) is 17.2 Å². The van der Waals surface area contributed by atoms with Crippen LogP contribution in [0.15, 0.2) is 42.5 Å². The summed E-state index contributed by atoms with van der Waals surface area (Å²) in [4.78, 5) is 38.3. The number of carbonyl (C=O) groups excluding carboxylic acids is 3. The maximum absolute atomic E-state index is 12.9. The number of primary amides is 1. The fourth-order valence-corrected chi connectivity index (χ4v) is 3.42. The van der Waals surface area contributed by atoms with Gasteiger partial charge >= 0.3 is 5.97 Å². The lowest BCUT2D eigenvalue weighted by molar-refractivity contribution is -0.155. The van der Waals surface area contributed by atoms with E-state index in [0.29, 0.717) is 22.6 Å².